The Kier molecular flexibility index (Phi) is 5.60. The van der Waals surface area contributed by atoms with E-state index in [4.69, 9.17) is 0 Å². The number of nitrogens with zero attached hydrogens (tertiary/aromatic N) is 1. The van der Waals surface area contributed by atoms with Crippen LogP contribution in [0.1, 0.15) is 11.1 Å². The van der Waals surface area contributed by atoms with Gasteiger partial charge in [-0.15, -0.1) is 13.2 Å². The van der Waals surface area contributed by atoms with Crippen molar-refractivity contribution in [2.24, 2.45) is 0 Å². The van der Waals surface area contributed by atoms with Crippen LogP contribution in [0.5, 0.6) is 5.75 Å². The number of ether oxygens (including phenoxy) is 1. The Morgan fingerprint density at radius 2 is 1.86 bits per heavy atom. The van der Waals surface area contributed by atoms with Crippen LogP contribution in [0, 0.1) is 0 Å². The van der Waals surface area contributed by atoms with Crippen LogP contribution in [-0.2, 0) is 17.8 Å². The summed E-state index contributed by atoms with van der Waals surface area (Å²) >= 11 is 0. The number of likely N-dealkylation sites (N-methyl/N-ethyl adjacent to an activating group) is 1. The maximum Gasteiger partial charge on any atom is 0.573 e. The van der Waals surface area contributed by atoms with Crippen molar-refractivity contribution in [3.05, 3.63) is 65.9 Å². The molecular formula is C20H19F3N2O3. The summed E-state index contributed by atoms with van der Waals surface area (Å²) in [6.07, 6.45) is -2.52. The molecule has 0 fully saturated rings. The molecule has 0 aliphatic heterocycles. The van der Waals surface area contributed by atoms with Crippen molar-refractivity contribution in [1.82, 2.24) is 9.88 Å². The number of alkyl halides is 3. The molecule has 0 bridgehead atoms. The first-order valence-corrected chi connectivity index (χ1v) is 8.58. The van der Waals surface area contributed by atoms with Crippen molar-refractivity contribution < 1.29 is 27.8 Å². The van der Waals surface area contributed by atoms with Crippen LogP contribution in [0.15, 0.2) is 54.7 Å². The molecule has 2 N–H and O–H groups in total. The lowest BCUT2D eigenvalue weighted by Crippen LogP contribution is -2.35. The zero-order valence-electron chi connectivity index (χ0n) is 15.0. The molecule has 5 nitrogen and oxygen atoms in total. The number of aliphatic carboxylic acids is 1. The minimum Gasteiger partial charge on any atom is -0.480 e. The molecule has 0 radical (unpaired) electrons. The van der Waals surface area contributed by atoms with Gasteiger partial charge in [-0.3, -0.25) is 4.79 Å². The highest BCUT2D eigenvalue weighted by atomic mass is 19.4. The Labute approximate surface area is 159 Å². The van der Waals surface area contributed by atoms with Crippen LogP contribution in [0.4, 0.5) is 13.2 Å². The van der Waals surface area contributed by atoms with E-state index >= 15 is 0 Å². The van der Waals surface area contributed by atoms with Crippen molar-refractivity contribution in [2.75, 3.05) is 7.05 Å². The molecule has 1 heterocycles. The summed E-state index contributed by atoms with van der Waals surface area (Å²) in [6, 6.07) is 12.6. The number of carboxylic acids is 1. The van der Waals surface area contributed by atoms with Crippen molar-refractivity contribution >= 4 is 16.9 Å². The average Bonchev–Trinajstić information content (AvgIpc) is 2.97. The monoisotopic (exact) mass is 392 g/mol. The van der Waals surface area contributed by atoms with Gasteiger partial charge in [0.2, 0.25) is 0 Å². The molecule has 1 atom stereocenters. The molecule has 0 amide bonds. The topological polar surface area (TPSA) is 63.5 Å². The number of halogens is 3. The Balaban J connectivity index is 1.86. The van der Waals surface area contributed by atoms with Crippen LogP contribution >= 0.6 is 0 Å². The van der Waals surface area contributed by atoms with E-state index in [-0.39, 0.29) is 5.75 Å². The predicted molar refractivity (Wildman–Crippen MR) is 98.4 cm³/mol. The lowest BCUT2D eigenvalue weighted by Gasteiger charge is -2.10. The van der Waals surface area contributed by atoms with Gasteiger partial charge in [0.05, 0.1) is 0 Å². The summed E-state index contributed by atoms with van der Waals surface area (Å²) in [5.41, 5.74) is 2.60. The zero-order chi connectivity index (χ0) is 20.3. The van der Waals surface area contributed by atoms with Crippen LogP contribution in [0.3, 0.4) is 0 Å². The van der Waals surface area contributed by atoms with Gasteiger partial charge >= 0.3 is 12.3 Å². The van der Waals surface area contributed by atoms with Gasteiger partial charge < -0.3 is 19.7 Å². The highest BCUT2D eigenvalue weighted by Gasteiger charge is 2.31. The minimum absolute atomic E-state index is 0.271. The predicted octanol–water partition coefficient (Wildman–Crippen LogP) is 3.80. The normalized spacial score (nSPS) is 12.9. The number of carboxylic acid groups (broad SMARTS) is 1. The first-order valence-electron chi connectivity index (χ1n) is 8.58. The molecule has 8 heteroatoms. The summed E-state index contributed by atoms with van der Waals surface area (Å²) < 4.78 is 42.7. The van der Waals surface area contributed by atoms with Gasteiger partial charge in [0.1, 0.15) is 11.8 Å². The molecule has 3 aromatic rings. The second-order valence-electron chi connectivity index (χ2n) is 6.37. The maximum atomic E-state index is 12.3. The number of hydrogen-bond donors (Lipinski definition) is 2. The molecule has 3 rings (SSSR count). The number of rotatable bonds is 7. The number of aromatic nitrogens is 1. The summed E-state index contributed by atoms with van der Waals surface area (Å²) in [6.45, 7) is 0.435. The first-order chi connectivity index (χ1) is 13.3. The fourth-order valence-corrected chi connectivity index (χ4v) is 3.14. The average molecular weight is 392 g/mol. The number of hydrogen-bond acceptors (Lipinski definition) is 3. The van der Waals surface area contributed by atoms with Gasteiger partial charge in [0, 0.05) is 30.1 Å². The number of nitrogens with one attached hydrogen (secondary N) is 1. The fourth-order valence-electron chi connectivity index (χ4n) is 3.14. The van der Waals surface area contributed by atoms with Crippen LogP contribution in [0.25, 0.3) is 10.9 Å². The largest absolute Gasteiger partial charge is 0.573 e. The SMILES string of the molecule is CNC(Cc1cn(Cc2ccc(OC(F)(F)F)cc2)c2ccccc12)C(=O)O. The summed E-state index contributed by atoms with van der Waals surface area (Å²) in [4.78, 5) is 11.3. The van der Waals surface area contributed by atoms with Gasteiger partial charge in [0.15, 0.2) is 0 Å². The van der Waals surface area contributed by atoms with Crippen LogP contribution in [-0.4, -0.2) is 35.1 Å². The van der Waals surface area contributed by atoms with E-state index in [2.05, 4.69) is 10.1 Å². The summed E-state index contributed by atoms with van der Waals surface area (Å²) in [5.74, 6) is -1.20. The second kappa shape index (κ2) is 7.93. The van der Waals surface area contributed by atoms with E-state index in [0.717, 1.165) is 22.0 Å². The van der Waals surface area contributed by atoms with E-state index in [1.165, 1.54) is 12.1 Å². The van der Waals surface area contributed by atoms with Gasteiger partial charge in [-0.05, 0) is 36.4 Å². The minimum atomic E-state index is -4.72. The first kappa shape index (κ1) is 19.8. The molecule has 1 aromatic heterocycles. The molecule has 0 saturated carbocycles. The molecule has 0 aliphatic carbocycles. The molecule has 0 spiro atoms. The quantitative estimate of drug-likeness (QED) is 0.642. The molecule has 28 heavy (non-hydrogen) atoms. The molecular weight excluding hydrogens is 373 g/mol. The zero-order valence-corrected chi connectivity index (χ0v) is 15.0. The lowest BCUT2D eigenvalue weighted by molar-refractivity contribution is -0.274. The van der Waals surface area contributed by atoms with Crippen molar-refractivity contribution in [3.63, 3.8) is 0 Å². The third-order valence-corrected chi connectivity index (χ3v) is 4.45. The van der Waals surface area contributed by atoms with Crippen molar-refractivity contribution in [1.29, 1.82) is 0 Å². The van der Waals surface area contributed by atoms with E-state index in [0.29, 0.717) is 13.0 Å². The van der Waals surface area contributed by atoms with Crippen molar-refractivity contribution in [3.8, 4) is 5.75 Å². The van der Waals surface area contributed by atoms with Crippen LogP contribution in [0.2, 0.25) is 0 Å². The summed E-state index contributed by atoms with van der Waals surface area (Å²) in [7, 11) is 1.60. The Morgan fingerprint density at radius 1 is 1.18 bits per heavy atom. The smallest absolute Gasteiger partial charge is 0.480 e. The molecule has 2 aromatic carbocycles. The Bertz CT molecular complexity index is 965. The van der Waals surface area contributed by atoms with Gasteiger partial charge in [-0.2, -0.15) is 0 Å². The maximum absolute atomic E-state index is 12.3. The van der Waals surface area contributed by atoms with E-state index in [9.17, 15) is 23.1 Å². The molecule has 148 valence electrons. The number of para-hydroxylation sites is 1. The lowest BCUT2D eigenvalue weighted by atomic mass is 10.1. The summed E-state index contributed by atoms with van der Waals surface area (Å²) in [5, 5.41) is 13.0. The van der Waals surface area contributed by atoms with E-state index < -0.39 is 18.4 Å². The second-order valence-corrected chi connectivity index (χ2v) is 6.37. The number of carbonyl (C=O) groups is 1. The highest BCUT2D eigenvalue weighted by molar-refractivity contribution is 5.85. The van der Waals surface area contributed by atoms with E-state index in [1.807, 2.05) is 35.0 Å². The van der Waals surface area contributed by atoms with Gasteiger partial charge in [-0.25, -0.2) is 0 Å². The third kappa shape index (κ3) is 4.64. The molecule has 1 unspecified atom stereocenters. The third-order valence-electron chi connectivity index (χ3n) is 4.45. The number of fused-ring (bicyclic) bond motifs is 1. The van der Waals surface area contributed by atoms with Crippen LogP contribution < -0.4 is 10.1 Å². The van der Waals surface area contributed by atoms with E-state index in [1.54, 1.807) is 19.2 Å². The van der Waals surface area contributed by atoms with Gasteiger partial charge in [0.25, 0.3) is 0 Å². The Hall–Kier alpha value is -3.00. The Morgan fingerprint density at radius 3 is 2.46 bits per heavy atom. The van der Waals surface area contributed by atoms with Crippen molar-refractivity contribution in [2.45, 2.75) is 25.4 Å². The highest BCUT2D eigenvalue weighted by Crippen LogP contribution is 2.26. The fraction of sp³-hybridized carbons (Fsp3) is 0.250. The number of benzene rings is 2. The molecule has 0 saturated heterocycles. The standard InChI is InChI=1S/C20H19F3N2O3/c1-24-17(19(26)27)10-14-12-25(18-5-3-2-4-16(14)18)11-13-6-8-15(9-7-13)28-20(21,22)23/h2-9,12,17,24H,10-11H2,1H3,(H,26,27). The van der Waals surface area contributed by atoms with Gasteiger partial charge in [-0.1, -0.05) is 30.3 Å². The molecule has 0 aliphatic rings.